The minimum absolute atomic E-state index is 0.432. The monoisotopic (exact) mass is 342 g/mol. The molecule has 0 fully saturated rings. The van der Waals surface area contributed by atoms with Crippen molar-refractivity contribution < 1.29 is 4.74 Å². The Balaban J connectivity index is 2.14. The number of rotatable bonds is 5. The third-order valence-corrected chi connectivity index (χ3v) is 3.85. The zero-order chi connectivity index (χ0) is 13.8. The van der Waals surface area contributed by atoms with Crippen LogP contribution in [0.15, 0.2) is 28.7 Å². The fourth-order valence-electron chi connectivity index (χ4n) is 1.84. The van der Waals surface area contributed by atoms with E-state index in [4.69, 9.17) is 16.3 Å². The third-order valence-electron chi connectivity index (χ3n) is 2.88. The van der Waals surface area contributed by atoms with E-state index in [0.717, 1.165) is 39.6 Å². The van der Waals surface area contributed by atoms with Crippen LogP contribution in [0.5, 0.6) is 5.75 Å². The van der Waals surface area contributed by atoms with Crippen molar-refractivity contribution in [3.05, 3.63) is 45.1 Å². The maximum atomic E-state index is 6.33. The number of halogens is 2. The van der Waals surface area contributed by atoms with Crippen molar-refractivity contribution in [1.29, 1.82) is 0 Å². The number of hydrogen-bond acceptors (Lipinski definition) is 2. The van der Waals surface area contributed by atoms with Crippen LogP contribution in [0.25, 0.3) is 0 Å². The molecule has 0 amide bonds. The van der Waals surface area contributed by atoms with Gasteiger partial charge >= 0.3 is 0 Å². The van der Waals surface area contributed by atoms with Gasteiger partial charge in [0.2, 0.25) is 0 Å². The summed E-state index contributed by atoms with van der Waals surface area (Å²) in [6.45, 7) is 5.32. The Morgan fingerprint density at radius 2 is 1.95 bits per heavy atom. The molecule has 0 unspecified atom stereocenters. The smallest absolute Gasteiger partial charge is 0.131 e. The highest BCUT2D eigenvalue weighted by Crippen LogP contribution is 2.24. The van der Waals surface area contributed by atoms with Crippen LogP contribution in [-0.4, -0.2) is 9.78 Å². The van der Waals surface area contributed by atoms with E-state index >= 15 is 0 Å². The quantitative estimate of drug-likeness (QED) is 0.801. The van der Waals surface area contributed by atoms with Crippen LogP contribution < -0.4 is 4.74 Å². The fourth-order valence-corrected chi connectivity index (χ4v) is 2.43. The predicted octanol–water partition coefficient (Wildman–Crippen LogP) is 4.46. The molecule has 2 aromatic rings. The summed E-state index contributed by atoms with van der Waals surface area (Å²) in [6, 6.07) is 7.74. The molecule has 3 nitrogen and oxygen atoms in total. The first kappa shape index (κ1) is 14.4. The maximum Gasteiger partial charge on any atom is 0.131 e. The van der Waals surface area contributed by atoms with Gasteiger partial charge in [-0.2, -0.15) is 5.10 Å². The summed E-state index contributed by atoms with van der Waals surface area (Å²) in [6.07, 6.45) is 0.830. The van der Waals surface area contributed by atoms with Gasteiger partial charge in [-0.15, -0.1) is 0 Å². The van der Waals surface area contributed by atoms with Crippen molar-refractivity contribution in [2.24, 2.45) is 0 Å². The molecule has 1 heterocycles. The summed E-state index contributed by atoms with van der Waals surface area (Å²) in [5.74, 6) is 0.821. The average Bonchev–Trinajstić information content (AvgIpc) is 2.74. The molecule has 0 radical (unpaired) electrons. The van der Waals surface area contributed by atoms with Crippen LogP contribution in [-0.2, 0) is 19.6 Å². The van der Waals surface area contributed by atoms with Gasteiger partial charge in [-0.05, 0) is 37.6 Å². The summed E-state index contributed by atoms with van der Waals surface area (Å²) < 4.78 is 8.70. The molecule has 0 saturated carbocycles. The van der Waals surface area contributed by atoms with E-state index in [1.807, 2.05) is 42.8 Å². The molecule has 102 valence electrons. The van der Waals surface area contributed by atoms with E-state index in [9.17, 15) is 0 Å². The first-order valence-electron chi connectivity index (χ1n) is 6.28. The number of aromatic nitrogens is 2. The summed E-state index contributed by atoms with van der Waals surface area (Å²) in [4.78, 5) is 0. The normalized spacial score (nSPS) is 10.7. The van der Waals surface area contributed by atoms with Gasteiger partial charge in [0.15, 0.2) is 0 Å². The average molecular weight is 344 g/mol. The SMILES string of the molecule is CCc1nn(CC)c(COc2ccc(Br)cc2)c1Cl. The van der Waals surface area contributed by atoms with E-state index < -0.39 is 0 Å². The van der Waals surface area contributed by atoms with Gasteiger partial charge in [0.25, 0.3) is 0 Å². The van der Waals surface area contributed by atoms with Gasteiger partial charge in [-0.3, -0.25) is 4.68 Å². The van der Waals surface area contributed by atoms with E-state index in [1.54, 1.807) is 0 Å². The lowest BCUT2D eigenvalue weighted by Gasteiger charge is -2.08. The largest absolute Gasteiger partial charge is 0.487 e. The van der Waals surface area contributed by atoms with E-state index in [2.05, 4.69) is 21.0 Å². The zero-order valence-corrected chi connectivity index (χ0v) is 13.3. The molecular formula is C14H16BrClN2O. The lowest BCUT2D eigenvalue weighted by molar-refractivity contribution is 0.292. The van der Waals surface area contributed by atoms with Gasteiger partial charge in [-0.1, -0.05) is 34.5 Å². The summed E-state index contributed by atoms with van der Waals surface area (Å²) >= 11 is 9.73. The van der Waals surface area contributed by atoms with Crippen molar-refractivity contribution >= 4 is 27.5 Å². The minimum Gasteiger partial charge on any atom is -0.487 e. The predicted molar refractivity (Wildman–Crippen MR) is 80.8 cm³/mol. The standard InChI is InChI=1S/C14H16BrClN2O/c1-3-12-14(16)13(18(4-2)17-12)9-19-11-7-5-10(15)6-8-11/h5-8H,3-4,9H2,1-2H3. The van der Waals surface area contributed by atoms with Crippen LogP contribution >= 0.6 is 27.5 Å². The fraction of sp³-hybridized carbons (Fsp3) is 0.357. The molecule has 0 aliphatic heterocycles. The number of aryl methyl sites for hydroxylation is 2. The Kier molecular flexibility index (Phi) is 4.88. The third kappa shape index (κ3) is 3.31. The zero-order valence-electron chi connectivity index (χ0n) is 11.0. The minimum atomic E-state index is 0.432. The van der Waals surface area contributed by atoms with Gasteiger partial charge in [0.1, 0.15) is 12.4 Å². The molecule has 0 atom stereocenters. The first-order valence-corrected chi connectivity index (χ1v) is 7.45. The molecular weight excluding hydrogens is 328 g/mol. The van der Waals surface area contributed by atoms with Crippen molar-refractivity contribution in [1.82, 2.24) is 9.78 Å². The van der Waals surface area contributed by atoms with Crippen molar-refractivity contribution in [3.63, 3.8) is 0 Å². The molecule has 1 aromatic carbocycles. The van der Waals surface area contributed by atoms with Crippen LogP contribution in [0.2, 0.25) is 5.02 Å². The van der Waals surface area contributed by atoms with E-state index in [-0.39, 0.29) is 0 Å². The lowest BCUT2D eigenvalue weighted by Crippen LogP contribution is -2.06. The van der Waals surface area contributed by atoms with Crippen molar-refractivity contribution in [3.8, 4) is 5.75 Å². The van der Waals surface area contributed by atoms with E-state index in [1.165, 1.54) is 0 Å². The Labute approximate surface area is 126 Å². The Morgan fingerprint density at radius 1 is 1.26 bits per heavy atom. The van der Waals surface area contributed by atoms with Gasteiger partial charge in [0.05, 0.1) is 16.4 Å². The molecule has 19 heavy (non-hydrogen) atoms. The lowest BCUT2D eigenvalue weighted by atomic mass is 10.3. The Bertz CT molecular complexity index is 551. The Morgan fingerprint density at radius 3 is 2.53 bits per heavy atom. The summed E-state index contributed by atoms with van der Waals surface area (Å²) in [5, 5.41) is 5.19. The highest BCUT2D eigenvalue weighted by molar-refractivity contribution is 9.10. The highest BCUT2D eigenvalue weighted by Gasteiger charge is 2.14. The topological polar surface area (TPSA) is 27.1 Å². The van der Waals surface area contributed by atoms with Crippen LogP contribution in [0.1, 0.15) is 25.2 Å². The second kappa shape index (κ2) is 6.44. The molecule has 0 spiro atoms. The second-order valence-electron chi connectivity index (χ2n) is 4.12. The number of nitrogens with zero attached hydrogens (tertiary/aromatic N) is 2. The molecule has 0 N–H and O–H groups in total. The molecule has 0 aliphatic carbocycles. The first-order chi connectivity index (χ1) is 9.15. The Hall–Kier alpha value is -1.000. The van der Waals surface area contributed by atoms with E-state index in [0.29, 0.717) is 6.61 Å². The molecule has 0 bridgehead atoms. The van der Waals surface area contributed by atoms with Crippen LogP contribution in [0, 0.1) is 0 Å². The number of benzene rings is 1. The molecule has 0 aliphatic rings. The number of hydrogen-bond donors (Lipinski definition) is 0. The molecule has 0 saturated heterocycles. The summed E-state index contributed by atoms with van der Waals surface area (Å²) in [5.41, 5.74) is 1.86. The van der Waals surface area contributed by atoms with Crippen LogP contribution in [0.3, 0.4) is 0 Å². The van der Waals surface area contributed by atoms with Crippen LogP contribution in [0.4, 0.5) is 0 Å². The van der Waals surface area contributed by atoms with Gasteiger partial charge in [-0.25, -0.2) is 0 Å². The van der Waals surface area contributed by atoms with Crippen molar-refractivity contribution in [2.75, 3.05) is 0 Å². The van der Waals surface area contributed by atoms with Gasteiger partial charge in [0, 0.05) is 11.0 Å². The highest BCUT2D eigenvalue weighted by atomic mass is 79.9. The second-order valence-corrected chi connectivity index (χ2v) is 5.41. The summed E-state index contributed by atoms with van der Waals surface area (Å²) in [7, 11) is 0. The molecule has 2 rings (SSSR count). The van der Waals surface area contributed by atoms with Gasteiger partial charge < -0.3 is 4.74 Å². The maximum absolute atomic E-state index is 6.33. The van der Waals surface area contributed by atoms with Crippen molar-refractivity contribution in [2.45, 2.75) is 33.4 Å². The molecule has 5 heteroatoms. The number of ether oxygens (including phenoxy) is 1. The molecule has 1 aromatic heterocycles.